The Balaban J connectivity index is 1.75. The first kappa shape index (κ1) is 22.9. The van der Waals surface area contributed by atoms with Crippen molar-refractivity contribution in [3.63, 3.8) is 0 Å². The van der Waals surface area contributed by atoms with Gasteiger partial charge in [0.05, 0.1) is 4.92 Å². The summed E-state index contributed by atoms with van der Waals surface area (Å²) in [4.78, 5) is 12.8. The van der Waals surface area contributed by atoms with Gasteiger partial charge in [-0.15, -0.1) is 0 Å². The van der Waals surface area contributed by atoms with Gasteiger partial charge in [-0.05, 0) is 37.1 Å². The van der Waals surface area contributed by atoms with Crippen molar-refractivity contribution in [3.8, 4) is 0 Å². The highest BCUT2D eigenvalue weighted by Gasteiger charge is 2.11. The zero-order valence-corrected chi connectivity index (χ0v) is 17.3. The summed E-state index contributed by atoms with van der Waals surface area (Å²) in [5.41, 5.74) is 2.23. The Labute approximate surface area is 174 Å². The Morgan fingerprint density at radius 3 is 1.69 bits per heavy atom. The molecule has 0 aliphatic rings. The number of aliphatic hydroxyl groups excluding tert-OH is 1. The van der Waals surface area contributed by atoms with E-state index in [0.29, 0.717) is 6.61 Å². The van der Waals surface area contributed by atoms with Gasteiger partial charge >= 0.3 is 0 Å². The molecule has 0 fully saturated rings. The third-order valence-corrected chi connectivity index (χ3v) is 5.23. The van der Waals surface area contributed by atoms with E-state index in [-0.39, 0.29) is 10.6 Å². The standard InChI is InChI=1S/C24H34N2O3/c27-21-13-8-6-4-2-1-3-5-7-12-20-25(22-14-10-9-11-15-22)23-16-18-24(19-17-23)26(28)29/h9-11,14-19,27H,1-8,12-13,20-21H2. The highest BCUT2D eigenvalue weighted by molar-refractivity contribution is 5.64. The fourth-order valence-corrected chi connectivity index (χ4v) is 3.57. The summed E-state index contributed by atoms with van der Waals surface area (Å²) >= 11 is 0. The number of para-hydroxylation sites is 1. The van der Waals surface area contributed by atoms with Gasteiger partial charge in [0.15, 0.2) is 0 Å². The first-order valence-corrected chi connectivity index (χ1v) is 10.9. The number of nitro groups is 1. The Morgan fingerprint density at radius 2 is 1.17 bits per heavy atom. The molecule has 29 heavy (non-hydrogen) atoms. The van der Waals surface area contributed by atoms with E-state index in [1.807, 2.05) is 30.3 Å². The van der Waals surface area contributed by atoms with Crippen molar-refractivity contribution >= 4 is 17.1 Å². The van der Waals surface area contributed by atoms with Crippen LogP contribution in [0.15, 0.2) is 54.6 Å². The smallest absolute Gasteiger partial charge is 0.269 e. The summed E-state index contributed by atoms with van der Waals surface area (Å²) in [6.45, 7) is 1.23. The van der Waals surface area contributed by atoms with E-state index < -0.39 is 0 Å². The molecule has 2 aromatic carbocycles. The average molecular weight is 399 g/mol. The second kappa shape index (κ2) is 13.7. The Hall–Kier alpha value is -2.40. The van der Waals surface area contributed by atoms with E-state index >= 15 is 0 Å². The van der Waals surface area contributed by atoms with Crippen LogP contribution >= 0.6 is 0 Å². The number of rotatable bonds is 15. The van der Waals surface area contributed by atoms with Crippen molar-refractivity contribution in [2.75, 3.05) is 18.1 Å². The molecule has 5 nitrogen and oxygen atoms in total. The molecule has 0 unspecified atom stereocenters. The van der Waals surface area contributed by atoms with E-state index in [2.05, 4.69) is 17.0 Å². The van der Waals surface area contributed by atoms with Crippen molar-refractivity contribution in [2.45, 2.75) is 64.2 Å². The van der Waals surface area contributed by atoms with Gasteiger partial charge in [0, 0.05) is 36.7 Å². The molecule has 0 saturated heterocycles. The minimum atomic E-state index is -0.358. The highest BCUT2D eigenvalue weighted by atomic mass is 16.6. The number of hydrogen-bond donors (Lipinski definition) is 1. The number of benzene rings is 2. The van der Waals surface area contributed by atoms with Crippen LogP contribution in [0, 0.1) is 10.1 Å². The molecule has 0 aromatic heterocycles. The molecule has 1 N–H and O–H groups in total. The molecule has 0 radical (unpaired) electrons. The topological polar surface area (TPSA) is 66.6 Å². The molecule has 5 heteroatoms. The predicted octanol–water partition coefficient (Wildman–Crippen LogP) is 6.63. The summed E-state index contributed by atoms with van der Waals surface area (Å²) in [6, 6.07) is 17.0. The van der Waals surface area contributed by atoms with Gasteiger partial charge in [0.25, 0.3) is 5.69 Å². The molecule has 0 bridgehead atoms. The van der Waals surface area contributed by atoms with E-state index in [1.54, 1.807) is 12.1 Å². The quantitative estimate of drug-likeness (QED) is 0.208. The van der Waals surface area contributed by atoms with Gasteiger partial charge < -0.3 is 10.0 Å². The second-order valence-corrected chi connectivity index (χ2v) is 7.52. The molecule has 0 heterocycles. The van der Waals surface area contributed by atoms with E-state index in [4.69, 9.17) is 5.11 Å². The average Bonchev–Trinajstić information content (AvgIpc) is 2.75. The number of aliphatic hydroxyl groups is 1. The molecule has 0 saturated carbocycles. The summed E-state index contributed by atoms with van der Waals surface area (Å²) in [5.74, 6) is 0. The van der Waals surface area contributed by atoms with Crippen LogP contribution < -0.4 is 4.90 Å². The maximum atomic E-state index is 10.9. The van der Waals surface area contributed by atoms with Crippen molar-refractivity contribution < 1.29 is 10.0 Å². The minimum Gasteiger partial charge on any atom is -0.396 e. The lowest BCUT2D eigenvalue weighted by Crippen LogP contribution is -2.18. The van der Waals surface area contributed by atoms with Gasteiger partial charge in [-0.1, -0.05) is 69.6 Å². The van der Waals surface area contributed by atoms with Crippen LogP contribution in [0.25, 0.3) is 0 Å². The van der Waals surface area contributed by atoms with E-state index in [1.165, 1.54) is 44.9 Å². The summed E-state index contributed by atoms with van der Waals surface area (Å²) in [5, 5.41) is 19.7. The maximum absolute atomic E-state index is 10.9. The molecular formula is C24H34N2O3. The van der Waals surface area contributed by atoms with Gasteiger partial charge in [0.2, 0.25) is 0 Å². The molecule has 2 aromatic rings. The predicted molar refractivity (Wildman–Crippen MR) is 120 cm³/mol. The molecule has 0 spiro atoms. The van der Waals surface area contributed by atoms with Gasteiger partial charge in [0.1, 0.15) is 0 Å². The molecule has 158 valence electrons. The lowest BCUT2D eigenvalue weighted by molar-refractivity contribution is -0.384. The SMILES string of the molecule is O=[N+]([O-])c1ccc(N(CCCCCCCCCCCCO)c2ccccc2)cc1. The number of anilines is 2. The van der Waals surface area contributed by atoms with Crippen molar-refractivity contribution in [2.24, 2.45) is 0 Å². The molecular weight excluding hydrogens is 364 g/mol. The monoisotopic (exact) mass is 398 g/mol. The summed E-state index contributed by atoms with van der Waals surface area (Å²) in [7, 11) is 0. The lowest BCUT2D eigenvalue weighted by atomic mass is 10.1. The van der Waals surface area contributed by atoms with Crippen molar-refractivity contribution in [3.05, 3.63) is 64.7 Å². The Kier molecular flexibility index (Phi) is 10.8. The van der Waals surface area contributed by atoms with Crippen LogP contribution in [0.5, 0.6) is 0 Å². The number of nitrogens with zero attached hydrogens (tertiary/aromatic N) is 2. The number of unbranched alkanes of at least 4 members (excludes halogenated alkanes) is 9. The van der Waals surface area contributed by atoms with E-state index in [0.717, 1.165) is 37.2 Å². The fourth-order valence-electron chi connectivity index (χ4n) is 3.57. The molecule has 0 aliphatic carbocycles. The van der Waals surface area contributed by atoms with Crippen LogP contribution in [-0.2, 0) is 0 Å². The van der Waals surface area contributed by atoms with Gasteiger partial charge in [-0.25, -0.2) is 0 Å². The number of hydrogen-bond acceptors (Lipinski definition) is 4. The van der Waals surface area contributed by atoms with Crippen LogP contribution in [0.4, 0.5) is 17.1 Å². The second-order valence-electron chi connectivity index (χ2n) is 7.52. The van der Waals surface area contributed by atoms with Crippen LogP contribution in [0.2, 0.25) is 0 Å². The highest BCUT2D eigenvalue weighted by Crippen LogP contribution is 2.27. The van der Waals surface area contributed by atoms with Crippen molar-refractivity contribution in [1.29, 1.82) is 0 Å². The zero-order chi connectivity index (χ0) is 20.7. The third-order valence-electron chi connectivity index (χ3n) is 5.23. The van der Waals surface area contributed by atoms with Crippen LogP contribution in [0.1, 0.15) is 64.2 Å². The first-order valence-electron chi connectivity index (χ1n) is 10.9. The number of non-ortho nitro benzene ring substituents is 1. The molecule has 0 atom stereocenters. The Morgan fingerprint density at radius 1 is 0.690 bits per heavy atom. The number of nitro benzene ring substituents is 1. The van der Waals surface area contributed by atoms with Gasteiger partial charge in [-0.2, -0.15) is 0 Å². The largest absolute Gasteiger partial charge is 0.396 e. The van der Waals surface area contributed by atoms with Gasteiger partial charge in [-0.3, -0.25) is 10.1 Å². The fraction of sp³-hybridized carbons (Fsp3) is 0.500. The zero-order valence-electron chi connectivity index (χ0n) is 17.3. The normalized spacial score (nSPS) is 10.8. The summed E-state index contributed by atoms with van der Waals surface area (Å²) < 4.78 is 0. The van der Waals surface area contributed by atoms with Crippen LogP contribution in [-0.4, -0.2) is 23.2 Å². The third kappa shape index (κ3) is 8.65. The Bertz CT molecular complexity index is 689. The first-order chi connectivity index (χ1) is 14.2. The molecule has 0 amide bonds. The van der Waals surface area contributed by atoms with E-state index in [9.17, 15) is 10.1 Å². The minimum absolute atomic E-state index is 0.123. The lowest BCUT2D eigenvalue weighted by Gasteiger charge is -2.25. The van der Waals surface area contributed by atoms with Crippen LogP contribution in [0.3, 0.4) is 0 Å². The summed E-state index contributed by atoms with van der Waals surface area (Å²) in [6.07, 6.45) is 12.0. The van der Waals surface area contributed by atoms with Crippen molar-refractivity contribution in [1.82, 2.24) is 0 Å². The molecule has 2 rings (SSSR count). The maximum Gasteiger partial charge on any atom is 0.269 e. The molecule has 0 aliphatic heterocycles.